The molecule has 2 unspecified atom stereocenters. The van der Waals surface area contributed by atoms with Crippen LogP contribution in [0.25, 0.3) is 16.5 Å². The molecular weight excluding hydrogens is 499 g/mol. The minimum absolute atomic E-state index is 0.00438. The van der Waals surface area contributed by atoms with Gasteiger partial charge in [0, 0.05) is 35.6 Å². The van der Waals surface area contributed by atoms with E-state index in [0.29, 0.717) is 27.3 Å². The van der Waals surface area contributed by atoms with Gasteiger partial charge in [-0.25, -0.2) is 0 Å². The minimum Gasteiger partial charge on any atom is -0.345 e. The highest BCUT2D eigenvalue weighted by atomic mass is 35.5. The number of amidine groups is 1. The van der Waals surface area contributed by atoms with Crippen molar-refractivity contribution in [3.8, 4) is 0 Å². The number of piperazine rings is 1. The highest BCUT2D eigenvalue weighted by molar-refractivity contribution is 8.18. The van der Waals surface area contributed by atoms with Gasteiger partial charge in [0.2, 0.25) is 0 Å². The molecule has 0 spiro atoms. The van der Waals surface area contributed by atoms with E-state index < -0.39 is 17.6 Å². The number of hydrogen-bond donors (Lipinski definition) is 2. The lowest BCUT2D eigenvalue weighted by molar-refractivity contribution is -0.138. The van der Waals surface area contributed by atoms with Crippen LogP contribution in [0.3, 0.4) is 0 Å². The second-order valence-electron chi connectivity index (χ2n) is 8.90. The van der Waals surface area contributed by atoms with Crippen LogP contribution < -0.4 is 5.32 Å². The van der Waals surface area contributed by atoms with Crippen LogP contribution in [0.4, 0.5) is 13.2 Å². The molecule has 2 bridgehead atoms. The molecule has 6 rings (SSSR count). The van der Waals surface area contributed by atoms with E-state index in [1.807, 2.05) is 12.1 Å². The van der Waals surface area contributed by atoms with Gasteiger partial charge in [0.05, 0.1) is 22.2 Å². The third-order valence-corrected chi connectivity index (χ3v) is 8.06. The molecule has 2 fully saturated rings. The summed E-state index contributed by atoms with van der Waals surface area (Å²) >= 11 is 7.14. The van der Waals surface area contributed by atoms with Crippen molar-refractivity contribution in [1.82, 2.24) is 20.4 Å². The van der Waals surface area contributed by atoms with Crippen molar-refractivity contribution < 1.29 is 18.0 Å². The number of carbonyl (C=O) groups is 1. The topological polar surface area (TPSA) is 73.4 Å². The number of aromatic nitrogens is 2. The number of aromatic amines is 1. The van der Waals surface area contributed by atoms with Crippen LogP contribution >= 0.6 is 23.4 Å². The van der Waals surface area contributed by atoms with Crippen LogP contribution in [-0.2, 0) is 17.4 Å². The largest absolute Gasteiger partial charge is 0.416 e. The smallest absolute Gasteiger partial charge is 0.345 e. The molecule has 1 amide bonds. The second-order valence-corrected chi connectivity index (χ2v) is 10.3. The highest BCUT2D eigenvalue weighted by Crippen LogP contribution is 2.42. The normalized spacial score (nSPS) is 23.5. The Morgan fingerprint density at radius 1 is 1.23 bits per heavy atom. The Hall–Kier alpha value is -2.82. The minimum atomic E-state index is -4.58. The Morgan fingerprint density at radius 3 is 2.83 bits per heavy atom. The Morgan fingerprint density at radius 2 is 2.09 bits per heavy atom. The molecule has 11 heteroatoms. The van der Waals surface area contributed by atoms with Gasteiger partial charge in [-0.1, -0.05) is 23.7 Å². The summed E-state index contributed by atoms with van der Waals surface area (Å²) in [5, 5.41) is 11.7. The number of fused-ring (bicyclic) bond motifs is 3. The number of carbonyl (C=O) groups excluding carboxylic acids is 1. The zero-order valence-corrected chi connectivity index (χ0v) is 19.8. The van der Waals surface area contributed by atoms with Gasteiger partial charge in [0.15, 0.2) is 5.17 Å². The molecule has 4 heterocycles. The number of benzene rings is 2. The number of nitrogens with zero attached hydrogens (tertiary/aromatic N) is 3. The molecule has 1 aromatic heterocycles. The number of alkyl halides is 3. The van der Waals surface area contributed by atoms with Gasteiger partial charge in [-0.05, 0) is 65.6 Å². The number of allylic oxidation sites excluding steroid dienone is 1. The van der Waals surface area contributed by atoms with Crippen LogP contribution in [-0.4, -0.2) is 51.3 Å². The van der Waals surface area contributed by atoms with Gasteiger partial charge in [-0.15, -0.1) is 0 Å². The average Bonchev–Trinajstić information content (AvgIpc) is 3.61. The quantitative estimate of drug-likeness (QED) is 0.485. The number of nitrogens with one attached hydrogen (secondary N) is 2. The Kier molecular flexibility index (Phi) is 5.43. The van der Waals surface area contributed by atoms with E-state index in [-0.39, 0.29) is 23.0 Å². The first-order valence-electron chi connectivity index (χ1n) is 11.1. The lowest BCUT2D eigenvalue weighted by Gasteiger charge is -2.28. The first-order valence-corrected chi connectivity index (χ1v) is 12.3. The fraction of sp³-hybridized carbons (Fsp3) is 0.292. The number of amides is 1. The summed E-state index contributed by atoms with van der Waals surface area (Å²) in [7, 11) is 0. The summed E-state index contributed by atoms with van der Waals surface area (Å²) < 4.78 is 41.6. The van der Waals surface area contributed by atoms with Crippen molar-refractivity contribution in [1.29, 1.82) is 0 Å². The van der Waals surface area contributed by atoms with Crippen molar-refractivity contribution in [2.45, 2.75) is 31.1 Å². The van der Waals surface area contributed by atoms with Crippen molar-refractivity contribution in [3.63, 3.8) is 0 Å². The van der Waals surface area contributed by atoms with Crippen LogP contribution in [0.5, 0.6) is 0 Å². The maximum atomic E-state index is 13.9. The van der Waals surface area contributed by atoms with Gasteiger partial charge < -0.3 is 10.2 Å². The molecule has 3 aliphatic rings. The van der Waals surface area contributed by atoms with Crippen molar-refractivity contribution in [2.75, 3.05) is 13.1 Å². The van der Waals surface area contributed by atoms with Crippen LogP contribution in [0, 0.1) is 0 Å². The molecule has 35 heavy (non-hydrogen) atoms. The third kappa shape index (κ3) is 4.13. The SMILES string of the molecule is O=C1N=C(N2CC3CC2CN3)SC1=C(Cc1ccc(Cl)cc1C(F)(F)F)c1ccc2[nH]ncc2c1. The molecule has 2 atom stereocenters. The fourth-order valence-electron chi connectivity index (χ4n) is 5.01. The number of H-pyrrole nitrogens is 1. The van der Waals surface area contributed by atoms with E-state index in [1.165, 1.54) is 23.9 Å². The number of likely N-dealkylation sites (tertiary alicyclic amines) is 1. The Balaban J connectivity index is 1.44. The number of halogens is 4. The summed E-state index contributed by atoms with van der Waals surface area (Å²) in [4.78, 5) is 19.9. The first kappa shape index (κ1) is 22.6. The number of thioether (sulfide) groups is 1. The zero-order chi connectivity index (χ0) is 24.3. The Labute approximate surface area is 207 Å². The van der Waals surface area contributed by atoms with Crippen molar-refractivity contribution >= 4 is 50.9 Å². The van der Waals surface area contributed by atoms with Gasteiger partial charge >= 0.3 is 6.18 Å². The van der Waals surface area contributed by atoms with Gasteiger partial charge in [-0.3, -0.25) is 9.89 Å². The van der Waals surface area contributed by atoms with Crippen LogP contribution in [0.1, 0.15) is 23.1 Å². The van der Waals surface area contributed by atoms with Crippen LogP contribution in [0.2, 0.25) is 5.02 Å². The maximum Gasteiger partial charge on any atom is 0.416 e. The van der Waals surface area contributed by atoms with Crippen molar-refractivity contribution in [2.24, 2.45) is 4.99 Å². The molecule has 2 N–H and O–H groups in total. The van der Waals surface area contributed by atoms with Gasteiger partial charge in [0.25, 0.3) is 5.91 Å². The molecule has 3 aromatic rings. The molecule has 6 nitrogen and oxygen atoms in total. The number of aliphatic imine (C=N–C) groups is 1. The third-order valence-electron chi connectivity index (χ3n) is 6.69. The first-order chi connectivity index (χ1) is 16.8. The lowest BCUT2D eigenvalue weighted by atomic mass is 9.93. The predicted octanol–water partition coefficient (Wildman–Crippen LogP) is 4.86. The van der Waals surface area contributed by atoms with Gasteiger partial charge in [-0.2, -0.15) is 23.3 Å². The van der Waals surface area contributed by atoms with E-state index in [4.69, 9.17) is 11.6 Å². The molecular formula is C24H19ClF3N5OS. The monoisotopic (exact) mass is 517 g/mol. The molecule has 0 aliphatic carbocycles. The molecule has 180 valence electrons. The second kappa shape index (κ2) is 8.39. The van der Waals surface area contributed by atoms with E-state index in [0.717, 1.165) is 36.5 Å². The Bertz CT molecular complexity index is 1420. The lowest BCUT2D eigenvalue weighted by Crippen LogP contribution is -2.45. The summed E-state index contributed by atoms with van der Waals surface area (Å²) in [6, 6.07) is 9.82. The number of hydrogen-bond acceptors (Lipinski definition) is 5. The summed E-state index contributed by atoms with van der Waals surface area (Å²) in [5.41, 5.74) is 1.18. The average molecular weight is 518 g/mol. The molecule has 2 saturated heterocycles. The summed E-state index contributed by atoms with van der Waals surface area (Å²) in [6.07, 6.45) is -2.04. The number of rotatable bonds is 3. The standard InChI is InChI=1S/C24H19ClF3N5OS/c25-15-3-1-13(19(7-15)24(26,27)28)6-18(12-2-4-20-14(5-12)9-30-32-20)21-22(34)31-23(35-21)33-11-16-8-17(33)10-29-16/h1-5,7,9,16-17,29H,6,8,10-11H2,(H,30,32). The van der Waals surface area contributed by atoms with Crippen molar-refractivity contribution in [3.05, 3.63) is 69.2 Å². The highest BCUT2D eigenvalue weighted by Gasteiger charge is 2.42. The maximum absolute atomic E-state index is 13.9. The van der Waals surface area contributed by atoms with E-state index >= 15 is 0 Å². The summed E-state index contributed by atoms with van der Waals surface area (Å²) in [6.45, 7) is 1.60. The van der Waals surface area contributed by atoms with E-state index in [2.05, 4.69) is 25.4 Å². The summed E-state index contributed by atoms with van der Waals surface area (Å²) in [5.74, 6) is -0.425. The van der Waals surface area contributed by atoms with E-state index in [9.17, 15) is 18.0 Å². The van der Waals surface area contributed by atoms with E-state index in [1.54, 1.807) is 12.3 Å². The zero-order valence-electron chi connectivity index (χ0n) is 18.2. The van der Waals surface area contributed by atoms with Gasteiger partial charge in [0.1, 0.15) is 0 Å². The predicted molar refractivity (Wildman–Crippen MR) is 130 cm³/mol. The molecule has 2 aromatic carbocycles. The molecule has 0 radical (unpaired) electrons. The molecule has 3 aliphatic heterocycles. The molecule has 0 saturated carbocycles. The fourth-order valence-corrected chi connectivity index (χ4v) is 6.28. The van der Waals surface area contributed by atoms with Crippen LogP contribution in [0.15, 0.2) is 52.5 Å².